The molecule has 0 fully saturated rings. The van der Waals surface area contributed by atoms with Crippen LogP contribution in [0.25, 0.3) is 5.57 Å². The summed E-state index contributed by atoms with van der Waals surface area (Å²) in [5, 5.41) is 0. The number of hydrogen-bond donors (Lipinski definition) is 0. The highest BCUT2D eigenvalue weighted by Gasteiger charge is 2.23. The van der Waals surface area contributed by atoms with Gasteiger partial charge in [0, 0.05) is 0 Å². The van der Waals surface area contributed by atoms with E-state index in [0.717, 1.165) is 18.4 Å². The maximum absolute atomic E-state index is 13.3. The Morgan fingerprint density at radius 1 is 1.25 bits per heavy atom. The van der Waals surface area contributed by atoms with Crippen LogP contribution >= 0.6 is 0 Å². The minimum Gasteiger partial charge on any atom is -0.207 e. The Hall–Kier alpha value is -1.11. The third kappa shape index (κ3) is 2.18. The van der Waals surface area contributed by atoms with Crippen LogP contribution in [-0.2, 0) is 6.42 Å². The molecular formula is C15H19F. The molecule has 0 unspecified atom stereocenters. The molecule has 1 aromatic rings. The Morgan fingerprint density at radius 2 is 1.94 bits per heavy atom. The monoisotopic (exact) mass is 218 g/mol. The van der Waals surface area contributed by atoms with Gasteiger partial charge in [0.25, 0.3) is 0 Å². The van der Waals surface area contributed by atoms with Crippen LogP contribution in [0.5, 0.6) is 0 Å². The van der Waals surface area contributed by atoms with Crippen LogP contribution in [0.4, 0.5) is 4.39 Å². The van der Waals surface area contributed by atoms with Gasteiger partial charge in [0.05, 0.1) is 0 Å². The molecule has 86 valence electrons. The lowest BCUT2D eigenvalue weighted by Crippen LogP contribution is -2.06. The van der Waals surface area contributed by atoms with Gasteiger partial charge in [0.1, 0.15) is 5.82 Å². The molecule has 0 aromatic heterocycles. The summed E-state index contributed by atoms with van der Waals surface area (Å²) in [6, 6.07) is 5.17. The smallest absolute Gasteiger partial charge is 0.123 e. The average molecular weight is 218 g/mol. The number of benzene rings is 1. The van der Waals surface area contributed by atoms with E-state index in [0.29, 0.717) is 0 Å². The highest BCUT2D eigenvalue weighted by Crippen LogP contribution is 2.40. The van der Waals surface area contributed by atoms with E-state index in [4.69, 9.17) is 0 Å². The first-order valence-electron chi connectivity index (χ1n) is 5.84. The van der Waals surface area contributed by atoms with E-state index in [1.807, 2.05) is 6.07 Å². The van der Waals surface area contributed by atoms with E-state index < -0.39 is 0 Å². The summed E-state index contributed by atoms with van der Waals surface area (Å²) in [6.45, 7) is 8.85. The topological polar surface area (TPSA) is 0 Å². The largest absolute Gasteiger partial charge is 0.207 e. The van der Waals surface area contributed by atoms with Crippen LogP contribution in [0, 0.1) is 11.2 Å². The molecule has 1 aliphatic carbocycles. The van der Waals surface area contributed by atoms with Gasteiger partial charge in [0.15, 0.2) is 0 Å². The lowest BCUT2D eigenvalue weighted by molar-refractivity contribution is 0.427. The third-order valence-electron chi connectivity index (χ3n) is 3.07. The fourth-order valence-electron chi connectivity index (χ4n) is 2.38. The summed E-state index contributed by atoms with van der Waals surface area (Å²) >= 11 is 0. The molecule has 2 rings (SSSR count). The maximum Gasteiger partial charge on any atom is 0.123 e. The summed E-state index contributed by atoms with van der Waals surface area (Å²) in [7, 11) is 0. The highest BCUT2D eigenvalue weighted by molar-refractivity contribution is 5.76. The van der Waals surface area contributed by atoms with Gasteiger partial charge in [-0.2, -0.15) is 0 Å². The highest BCUT2D eigenvalue weighted by atomic mass is 19.1. The van der Waals surface area contributed by atoms with Gasteiger partial charge in [-0.05, 0) is 54.0 Å². The van der Waals surface area contributed by atoms with Gasteiger partial charge in [-0.3, -0.25) is 0 Å². The molecule has 0 aliphatic heterocycles. The lowest BCUT2D eigenvalue weighted by Gasteiger charge is -2.20. The van der Waals surface area contributed by atoms with Gasteiger partial charge in [-0.25, -0.2) is 4.39 Å². The van der Waals surface area contributed by atoms with Crippen molar-refractivity contribution in [3.8, 4) is 0 Å². The standard InChI is InChI=1S/C15H19F/c1-10-7-11-5-6-12(16)8-13(11)14(10)9-15(2,3)4/h5-6,8H,7,9H2,1-4H3. The normalized spacial score (nSPS) is 15.6. The van der Waals surface area contributed by atoms with Gasteiger partial charge >= 0.3 is 0 Å². The summed E-state index contributed by atoms with van der Waals surface area (Å²) in [5.41, 5.74) is 5.41. The molecule has 16 heavy (non-hydrogen) atoms. The molecule has 0 spiro atoms. The molecule has 0 heterocycles. The second kappa shape index (κ2) is 3.73. The third-order valence-corrected chi connectivity index (χ3v) is 3.07. The van der Waals surface area contributed by atoms with E-state index in [2.05, 4.69) is 27.7 Å². The van der Waals surface area contributed by atoms with Crippen molar-refractivity contribution in [1.29, 1.82) is 0 Å². The first kappa shape index (κ1) is 11.4. The van der Waals surface area contributed by atoms with E-state index in [9.17, 15) is 4.39 Å². The van der Waals surface area contributed by atoms with E-state index in [1.54, 1.807) is 12.1 Å². The van der Waals surface area contributed by atoms with Crippen LogP contribution < -0.4 is 0 Å². The zero-order valence-corrected chi connectivity index (χ0v) is 10.5. The summed E-state index contributed by atoms with van der Waals surface area (Å²) in [6.07, 6.45) is 2.01. The van der Waals surface area contributed by atoms with Crippen molar-refractivity contribution >= 4 is 5.57 Å². The molecule has 0 saturated heterocycles. The van der Waals surface area contributed by atoms with Crippen molar-refractivity contribution in [1.82, 2.24) is 0 Å². The summed E-state index contributed by atoms with van der Waals surface area (Å²) in [4.78, 5) is 0. The molecule has 1 aliphatic rings. The van der Waals surface area contributed by atoms with Gasteiger partial charge in [0.2, 0.25) is 0 Å². The Labute approximate surface area is 97.2 Å². The van der Waals surface area contributed by atoms with Crippen LogP contribution in [-0.4, -0.2) is 0 Å². The summed E-state index contributed by atoms with van der Waals surface area (Å²) < 4.78 is 13.3. The Kier molecular flexibility index (Phi) is 2.65. The van der Waals surface area contributed by atoms with E-state index >= 15 is 0 Å². The molecular weight excluding hydrogens is 199 g/mol. The van der Waals surface area contributed by atoms with Crippen LogP contribution in [0.2, 0.25) is 0 Å². The van der Waals surface area contributed by atoms with Crippen LogP contribution in [0.3, 0.4) is 0 Å². The molecule has 0 atom stereocenters. The Balaban J connectivity index is 2.41. The Morgan fingerprint density at radius 3 is 2.56 bits per heavy atom. The van der Waals surface area contributed by atoms with Crippen molar-refractivity contribution in [3.05, 3.63) is 40.7 Å². The van der Waals surface area contributed by atoms with Crippen LogP contribution in [0.1, 0.15) is 45.2 Å². The van der Waals surface area contributed by atoms with E-state index in [-0.39, 0.29) is 11.2 Å². The quantitative estimate of drug-likeness (QED) is 0.646. The molecule has 1 heteroatoms. The van der Waals surface area contributed by atoms with Crippen molar-refractivity contribution in [2.45, 2.75) is 40.5 Å². The van der Waals surface area contributed by atoms with Gasteiger partial charge in [-0.15, -0.1) is 0 Å². The molecule has 0 saturated carbocycles. The molecule has 0 bridgehead atoms. The zero-order chi connectivity index (χ0) is 11.9. The average Bonchev–Trinajstić information content (AvgIpc) is 2.42. The molecule has 0 radical (unpaired) electrons. The molecule has 0 N–H and O–H groups in total. The lowest BCUT2D eigenvalue weighted by atomic mass is 9.85. The number of rotatable bonds is 1. The van der Waals surface area contributed by atoms with Crippen LogP contribution in [0.15, 0.2) is 23.8 Å². The number of hydrogen-bond acceptors (Lipinski definition) is 0. The van der Waals surface area contributed by atoms with Gasteiger partial charge < -0.3 is 0 Å². The second-order valence-electron chi connectivity index (χ2n) is 5.97. The van der Waals surface area contributed by atoms with Crippen molar-refractivity contribution in [2.24, 2.45) is 5.41 Å². The molecule has 0 nitrogen and oxygen atoms in total. The molecule has 1 aromatic carbocycles. The number of allylic oxidation sites excluding steroid dienone is 2. The first-order valence-corrected chi connectivity index (χ1v) is 5.84. The SMILES string of the molecule is CC1=C(CC(C)(C)C)c2cc(F)ccc2C1. The number of fused-ring (bicyclic) bond motifs is 1. The first-order chi connectivity index (χ1) is 7.37. The predicted molar refractivity (Wildman–Crippen MR) is 66.8 cm³/mol. The zero-order valence-electron chi connectivity index (χ0n) is 10.5. The molecule has 0 amide bonds. The minimum atomic E-state index is -0.125. The summed E-state index contributed by atoms with van der Waals surface area (Å²) in [5.74, 6) is -0.125. The van der Waals surface area contributed by atoms with Crippen molar-refractivity contribution in [2.75, 3.05) is 0 Å². The minimum absolute atomic E-state index is 0.125. The fraction of sp³-hybridized carbons (Fsp3) is 0.467. The van der Waals surface area contributed by atoms with Crippen molar-refractivity contribution < 1.29 is 4.39 Å². The Bertz CT molecular complexity index is 447. The predicted octanol–water partition coefficient (Wildman–Crippen LogP) is 4.59. The van der Waals surface area contributed by atoms with Crippen molar-refractivity contribution in [3.63, 3.8) is 0 Å². The second-order valence-corrected chi connectivity index (χ2v) is 5.97. The number of halogens is 1. The fourth-order valence-corrected chi connectivity index (χ4v) is 2.38. The maximum atomic E-state index is 13.3. The van der Waals surface area contributed by atoms with Gasteiger partial charge in [-0.1, -0.05) is 32.4 Å². The van der Waals surface area contributed by atoms with E-state index in [1.165, 1.54) is 16.7 Å².